The minimum atomic E-state index is -4.66. The summed E-state index contributed by atoms with van der Waals surface area (Å²) in [5, 5.41) is 9.19. The van der Waals surface area contributed by atoms with E-state index in [-0.39, 0.29) is 19.0 Å². The largest absolute Gasteiger partial charge is 0.433 e. The van der Waals surface area contributed by atoms with Gasteiger partial charge in [0.1, 0.15) is 0 Å². The molecule has 1 amide bonds. The van der Waals surface area contributed by atoms with E-state index in [0.29, 0.717) is 19.7 Å². The van der Waals surface area contributed by atoms with E-state index < -0.39 is 28.9 Å². The molecule has 0 saturated carbocycles. The Hall–Kier alpha value is -1.32. The number of alkyl halides is 3. The van der Waals surface area contributed by atoms with E-state index in [1.165, 1.54) is 0 Å². The zero-order valence-electron chi connectivity index (χ0n) is 14.2. The van der Waals surface area contributed by atoms with Crippen molar-refractivity contribution in [1.82, 2.24) is 20.4 Å². The number of carbonyl (C=O) groups excluding carboxylic acids is 1. The van der Waals surface area contributed by atoms with Gasteiger partial charge in [-0.15, -0.1) is 12.4 Å². The summed E-state index contributed by atoms with van der Waals surface area (Å²) in [6, 6.07) is 0. The molecule has 6 nitrogen and oxygen atoms in total. The highest BCUT2D eigenvalue weighted by atomic mass is 35.5. The number of halogens is 4. The van der Waals surface area contributed by atoms with E-state index in [4.69, 9.17) is 4.74 Å². The number of nitrogens with one attached hydrogen (secondary N) is 2. The highest BCUT2D eigenvalue weighted by Gasteiger charge is 2.42. The summed E-state index contributed by atoms with van der Waals surface area (Å²) in [5.41, 5.74) is -2.38. The van der Waals surface area contributed by atoms with Gasteiger partial charge in [0.05, 0.1) is 23.9 Å². The monoisotopic (exact) mass is 372 g/mol. The molecule has 1 aromatic rings. The molecule has 0 spiro atoms. The van der Waals surface area contributed by atoms with E-state index >= 15 is 0 Å². The minimum absolute atomic E-state index is 0. The van der Waals surface area contributed by atoms with Gasteiger partial charge in [-0.25, -0.2) is 0 Å². The third-order valence-electron chi connectivity index (χ3n) is 2.99. The van der Waals surface area contributed by atoms with Crippen LogP contribution in [0.4, 0.5) is 13.2 Å². The molecule has 1 rings (SSSR count). The average molecular weight is 373 g/mol. The first kappa shape index (κ1) is 22.7. The van der Waals surface area contributed by atoms with Crippen LogP contribution in [0.3, 0.4) is 0 Å². The van der Waals surface area contributed by atoms with Gasteiger partial charge >= 0.3 is 6.18 Å². The van der Waals surface area contributed by atoms with E-state index in [2.05, 4.69) is 15.7 Å². The third-order valence-corrected chi connectivity index (χ3v) is 2.99. The van der Waals surface area contributed by atoms with Crippen LogP contribution in [0.15, 0.2) is 6.20 Å². The number of rotatable bonds is 7. The fourth-order valence-electron chi connectivity index (χ4n) is 1.95. The number of hydrogen-bond donors (Lipinski definition) is 2. The van der Waals surface area contributed by atoms with Crippen molar-refractivity contribution in [3.8, 4) is 0 Å². The molecule has 0 aliphatic rings. The Morgan fingerprint density at radius 3 is 2.38 bits per heavy atom. The number of amides is 1. The molecule has 10 heteroatoms. The number of aromatic nitrogens is 2. The Balaban J connectivity index is 0.00000529. The first-order valence-corrected chi connectivity index (χ1v) is 7.22. The molecule has 1 aromatic heterocycles. The predicted molar refractivity (Wildman–Crippen MR) is 86.6 cm³/mol. The van der Waals surface area contributed by atoms with Crippen molar-refractivity contribution in [3.05, 3.63) is 17.5 Å². The molecule has 0 atom stereocenters. The van der Waals surface area contributed by atoms with Gasteiger partial charge in [-0.2, -0.15) is 18.3 Å². The normalized spacial score (nSPS) is 12.0. The maximum atomic E-state index is 13.3. The van der Waals surface area contributed by atoms with Gasteiger partial charge < -0.3 is 15.4 Å². The van der Waals surface area contributed by atoms with Crippen molar-refractivity contribution in [2.75, 3.05) is 33.4 Å². The van der Waals surface area contributed by atoms with Crippen LogP contribution in [0.5, 0.6) is 0 Å². The van der Waals surface area contributed by atoms with Crippen LogP contribution >= 0.6 is 12.4 Å². The first-order valence-electron chi connectivity index (χ1n) is 7.22. The van der Waals surface area contributed by atoms with Crippen molar-refractivity contribution in [2.24, 2.45) is 0 Å². The topological polar surface area (TPSA) is 68.2 Å². The Kier molecular flexibility index (Phi) is 8.73. The van der Waals surface area contributed by atoms with Gasteiger partial charge in [-0.1, -0.05) is 0 Å². The van der Waals surface area contributed by atoms with Crippen LogP contribution in [0.1, 0.15) is 36.8 Å². The summed E-state index contributed by atoms with van der Waals surface area (Å²) < 4.78 is 45.6. The smallest absolute Gasteiger partial charge is 0.383 e. The molecule has 0 aliphatic carbocycles. The molecule has 0 saturated heterocycles. The fraction of sp³-hybridized carbons (Fsp3) is 0.714. The van der Waals surface area contributed by atoms with Crippen LogP contribution in [-0.2, 0) is 16.5 Å². The molecular weight excluding hydrogens is 349 g/mol. The summed E-state index contributed by atoms with van der Waals surface area (Å²) in [6.45, 7) is 6.54. The quantitative estimate of drug-likeness (QED) is 0.719. The van der Waals surface area contributed by atoms with Crippen LogP contribution in [0, 0.1) is 0 Å². The molecule has 1 heterocycles. The maximum absolute atomic E-state index is 13.3. The van der Waals surface area contributed by atoms with Crippen LogP contribution in [-0.4, -0.2) is 49.0 Å². The summed E-state index contributed by atoms with van der Waals surface area (Å²) in [4.78, 5) is 12.0. The molecule has 140 valence electrons. The lowest BCUT2D eigenvalue weighted by Crippen LogP contribution is -2.35. The van der Waals surface area contributed by atoms with Gasteiger partial charge in [0.2, 0.25) is 0 Å². The number of methoxy groups -OCH3 is 1. The van der Waals surface area contributed by atoms with Gasteiger partial charge in [0.15, 0.2) is 5.69 Å². The van der Waals surface area contributed by atoms with E-state index in [1.807, 2.05) is 0 Å². The van der Waals surface area contributed by atoms with Gasteiger partial charge in [-0.05, 0) is 20.8 Å². The molecule has 24 heavy (non-hydrogen) atoms. The Labute approximate surface area is 145 Å². The Morgan fingerprint density at radius 2 is 1.88 bits per heavy atom. The summed E-state index contributed by atoms with van der Waals surface area (Å²) in [6.07, 6.45) is -3.70. The van der Waals surface area contributed by atoms with E-state index in [9.17, 15) is 18.0 Å². The maximum Gasteiger partial charge on any atom is 0.433 e. The minimum Gasteiger partial charge on any atom is -0.383 e. The van der Waals surface area contributed by atoms with Crippen LogP contribution < -0.4 is 10.6 Å². The molecule has 0 fully saturated rings. The Bertz CT molecular complexity index is 527. The second-order valence-corrected chi connectivity index (χ2v) is 5.99. The summed E-state index contributed by atoms with van der Waals surface area (Å²) in [5.74, 6) is -0.790. The zero-order valence-corrected chi connectivity index (χ0v) is 15.0. The lowest BCUT2D eigenvalue weighted by atomic mass is 10.1. The first-order chi connectivity index (χ1) is 10.6. The van der Waals surface area contributed by atoms with Crippen molar-refractivity contribution < 1.29 is 22.7 Å². The van der Waals surface area contributed by atoms with Crippen LogP contribution in [0.25, 0.3) is 0 Å². The highest BCUT2D eigenvalue weighted by Crippen LogP contribution is 2.34. The van der Waals surface area contributed by atoms with Crippen molar-refractivity contribution in [2.45, 2.75) is 32.5 Å². The molecule has 2 N–H and O–H groups in total. The fourth-order valence-corrected chi connectivity index (χ4v) is 1.95. The van der Waals surface area contributed by atoms with Crippen LogP contribution in [0.2, 0.25) is 0 Å². The van der Waals surface area contributed by atoms with E-state index in [0.717, 1.165) is 10.9 Å². The van der Waals surface area contributed by atoms with Crippen molar-refractivity contribution in [3.63, 3.8) is 0 Å². The lowest BCUT2D eigenvalue weighted by molar-refractivity contribution is -0.146. The second-order valence-electron chi connectivity index (χ2n) is 5.99. The number of ether oxygens (including phenoxy) is 1. The lowest BCUT2D eigenvalue weighted by Gasteiger charge is -2.23. The number of hydrogen-bond acceptors (Lipinski definition) is 4. The third kappa shape index (κ3) is 6.29. The van der Waals surface area contributed by atoms with E-state index in [1.54, 1.807) is 27.9 Å². The molecule has 0 radical (unpaired) electrons. The van der Waals surface area contributed by atoms with Crippen molar-refractivity contribution >= 4 is 18.3 Å². The molecular formula is C14H24ClF3N4O2. The highest BCUT2D eigenvalue weighted by molar-refractivity contribution is 5.95. The number of nitrogens with zero attached hydrogens (tertiary/aromatic N) is 2. The SMILES string of the molecule is COCCNCCNC(=O)c1cnn(C(C)(C)C)c1C(F)(F)F.Cl. The predicted octanol–water partition coefficient (Wildman–Crippen LogP) is 2.04. The van der Waals surface area contributed by atoms with Crippen molar-refractivity contribution in [1.29, 1.82) is 0 Å². The zero-order chi connectivity index (χ0) is 17.7. The Morgan fingerprint density at radius 1 is 1.25 bits per heavy atom. The molecule has 0 aliphatic heterocycles. The standard InChI is InChI=1S/C14H23F3N4O2.ClH/c1-13(2,3)21-11(14(15,16)17)10(9-20-21)12(22)19-6-5-18-7-8-23-4;/h9,18H,5-8H2,1-4H3,(H,19,22);1H. The molecule has 0 bridgehead atoms. The van der Waals surface area contributed by atoms with Gasteiger partial charge in [-0.3, -0.25) is 9.48 Å². The second kappa shape index (κ2) is 9.24. The average Bonchev–Trinajstić information content (AvgIpc) is 2.87. The summed E-state index contributed by atoms with van der Waals surface area (Å²) in [7, 11) is 1.56. The number of carbonyl (C=O) groups is 1. The summed E-state index contributed by atoms with van der Waals surface area (Å²) >= 11 is 0. The van der Waals surface area contributed by atoms with Gasteiger partial charge in [0.25, 0.3) is 5.91 Å². The molecule has 0 aromatic carbocycles. The van der Waals surface area contributed by atoms with Gasteiger partial charge in [0, 0.05) is 26.7 Å². The molecule has 0 unspecified atom stereocenters.